The molecule has 0 aromatic heterocycles. The molecule has 0 radical (unpaired) electrons. The number of fused-ring (bicyclic) bond motifs is 6. The van der Waals surface area contributed by atoms with Crippen LogP contribution < -0.4 is 4.74 Å². The van der Waals surface area contributed by atoms with Crippen LogP contribution in [0, 0.1) is 182 Å². The smallest absolute Gasteiger partial charge is 0.308 e. The van der Waals surface area contributed by atoms with E-state index in [-0.39, 0.29) is 163 Å². The molecule has 12 atom stereocenters. The molecule has 18 aliphatic carbocycles. The Morgan fingerprint density at radius 2 is 0.667 bits per heavy atom. The molecule has 18 bridgehead atoms. The largest absolute Gasteiger partial charge is 0.497 e. The molecule has 19 nitrogen and oxygen atoms in total. The highest BCUT2D eigenvalue weighted by atomic mass is 16.6. The van der Waals surface area contributed by atoms with Crippen molar-refractivity contribution in [3.05, 3.63) is 55.1 Å². The average molecular weight is 2060 g/mol. The van der Waals surface area contributed by atoms with Crippen molar-refractivity contribution >= 4 is 53.7 Å². The Morgan fingerprint density at radius 1 is 0.333 bits per heavy atom. The van der Waals surface area contributed by atoms with Crippen molar-refractivity contribution < 1.29 is 90.5 Å². The van der Waals surface area contributed by atoms with Gasteiger partial charge >= 0.3 is 53.7 Å². The molecule has 0 heterocycles. The van der Waals surface area contributed by atoms with Gasteiger partial charge in [-0.1, -0.05) is 237 Å². The molecule has 19 rings (SSSR count). The summed E-state index contributed by atoms with van der Waals surface area (Å²) >= 11 is 0. The molecule has 0 aliphatic heterocycles. The van der Waals surface area contributed by atoms with Crippen LogP contribution in [-0.2, 0) is 92.4 Å². The predicted octanol–water partition coefficient (Wildman–Crippen LogP) is 31.2. The van der Waals surface area contributed by atoms with Gasteiger partial charge in [-0.3, -0.25) is 43.2 Å². The van der Waals surface area contributed by atoms with E-state index in [0.29, 0.717) is 36.9 Å². The maximum atomic E-state index is 12.3. The van der Waals surface area contributed by atoms with E-state index in [0.717, 1.165) is 139 Å². The Bertz CT molecular complexity index is 4230. The first-order chi connectivity index (χ1) is 68.8. The summed E-state index contributed by atoms with van der Waals surface area (Å²) in [4.78, 5) is 105. The highest BCUT2D eigenvalue weighted by Crippen LogP contribution is 2.69. The molecule has 12 unspecified atom stereocenters. The third kappa shape index (κ3) is 32.5. The van der Waals surface area contributed by atoms with E-state index < -0.39 is 0 Å². The number of benzene rings is 1. The van der Waals surface area contributed by atoms with Crippen LogP contribution in [-0.4, -0.2) is 107 Å². The van der Waals surface area contributed by atoms with Crippen LogP contribution in [0.25, 0.3) is 0 Å². The van der Waals surface area contributed by atoms with Crippen LogP contribution in [0.15, 0.2) is 49.6 Å². The fraction of sp³-hybridized carbons (Fsp3) is 0.852. The molecule has 1 aromatic rings. The summed E-state index contributed by atoms with van der Waals surface area (Å²) in [6, 6.07) is 7.45. The zero-order chi connectivity index (χ0) is 110. The number of carbonyl (C=O) groups is 9. The first kappa shape index (κ1) is 126. The standard InChI is InChI=1S/C19H32O2.C18H30O2.C17H28O2.C16H28O2.C15H26O2.C14H24O2.C12H16O3.C10H18O2.C7H12O2/c1-5-19(6-2,21-17(20)13(3)4)18-10-14-7-15(11-18)9-16(8-14)12-18;1-5-17(4,20-16(19)12(2)3)18-9-13-6-14(10-18)8-15(7-13)11-18;1-11(2)15(18)19-16(3,4)17-8-12-5-13(9-17)7-14(6-12)10-17;1-5-16(6-2,18-15(17)11(3)4)14-10-12-7-8-13(14)9-12;1-5-15(4,17-14(16)10(2)3)13-9-11-6-7-12(13)8-11;1-9(2)13(15)16-14(3,4)12-8-10-5-6-11(12)7-10;1-9(2)12(13)15-8-10-4-6-11(14-3)7-5-10;1-6-9(7(2)3)12-10(11)8(4)5;1-4-5-9-7(8)6(2)3/h13-16H,5-12H2,1-4H3;12-15H,5-11H2,1-4H3;11-14H,5-10H2,1-4H3;11-14H,5-10H2,1-4H3;10-13H,5-9H2,1-4H3;9-12H,5-8H2,1-4H3;4-7,9H,8H2,1-3H3;6-9H,1H2,2-5H3;4,6H,1,5H2,2-3H3. The summed E-state index contributed by atoms with van der Waals surface area (Å²) in [6.45, 7) is 71.8. The summed E-state index contributed by atoms with van der Waals surface area (Å²) < 4.78 is 55.8. The number of carbonyl (C=O) groups excluding carboxylic acids is 9. The number of rotatable bonds is 35. The summed E-state index contributed by atoms with van der Waals surface area (Å²) in [6.07, 6.45) is 49.8. The van der Waals surface area contributed by atoms with Crippen molar-refractivity contribution in [2.24, 2.45) is 182 Å². The van der Waals surface area contributed by atoms with Gasteiger partial charge in [-0.05, 0) is 366 Å². The Morgan fingerprint density at radius 3 is 0.986 bits per heavy atom. The molecule has 840 valence electrons. The first-order valence-corrected chi connectivity index (χ1v) is 59.6. The minimum Gasteiger partial charge on any atom is -0.497 e. The predicted molar refractivity (Wildman–Crippen MR) is 590 cm³/mol. The molecule has 0 saturated heterocycles. The zero-order valence-corrected chi connectivity index (χ0v) is 99.2. The second-order valence-electron chi connectivity index (χ2n) is 53.9. The molecule has 0 amide bonds. The third-order valence-electron chi connectivity index (χ3n) is 39.0. The van der Waals surface area contributed by atoms with Crippen LogP contribution in [0.3, 0.4) is 0 Å². The summed E-state index contributed by atoms with van der Waals surface area (Å²) in [5, 5.41) is 0. The van der Waals surface area contributed by atoms with Gasteiger partial charge in [-0.25, -0.2) is 0 Å². The molecule has 1 aromatic carbocycles. The van der Waals surface area contributed by atoms with Crippen molar-refractivity contribution in [2.45, 2.75) is 499 Å². The lowest BCUT2D eigenvalue weighted by molar-refractivity contribution is -0.214. The maximum absolute atomic E-state index is 12.3. The summed E-state index contributed by atoms with van der Waals surface area (Å²) in [7, 11) is 1.62. The molecule has 0 spiro atoms. The molecule has 147 heavy (non-hydrogen) atoms. The van der Waals surface area contributed by atoms with Crippen LogP contribution in [0.1, 0.15) is 458 Å². The molecule has 18 saturated carbocycles. The van der Waals surface area contributed by atoms with Crippen LogP contribution in [0.4, 0.5) is 0 Å². The highest BCUT2D eigenvalue weighted by Gasteiger charge is 2.64. The lowest BCUT2D eigenvalue weighted by Crippen LogP contribution is -2.59. The van der Waals surface area contributed by atoms with Crippen LogP contribution in [0.2, 0.25) is 0 Å². The quantitative estimate of drug-likeness (QED) is 0.0348. The lowest BCUT2D eigenvalue weighted by Gasteiger charge is -2.63. The van der Waals surface area contributed by atoms with Gasteiger partial charge < -0.3 is 47.4 Å². The fourth-order valence-electron chi connectivity index (χ4n) is 30.8. The van der Waals surface area contributed by atoms with Gasteiger partial charge in [0.25, 0.3) is 0 Å². The SMILES string of the molecule is C=CC(OC(=O)C(C)C)C(C)C.C=CCOC(=O)C(C)C.CC(C)C(=O)OC(C)(C)C12CC3CC(CC(C3)C1)C2.CC(C)C(=O)OC(C)(C)C1CC2CCC1C2.CCC(C)(OC(=O)C(C)C)C12CC3CC(CC(C3)C1)C2.CCC(C)(OC(=O)C(C)C)C1CC2CCC1C2.CCC(CC)(OC(=O)C(C)C)C12CC3CC(CC(C3)C1)C2.CCC(CC)(OC(=O)C(C)C)C1CC2CCC1C2.COc1ccc(COC(=O)C(C)C)cc1. The Labute approximate surface area is 894 Å². The van der Waals surface area contributed by atoms with E-state index in [1.54, 1.807) is 33.1 Å². The van der Waals surface area contributed by atoms with Gasteiger partial charge in [0, 0.05) is 34.0 Å². The van der Waals surface area contributed by atoms with Crippen molar-refractivity contribution in [1.82, 2.24) is 0 Å². The van der Waals surface area contributed by atoms with Gasteiger partial charge in [0.05, 0.1) is 60.4 Å². The number of ether oxygens (including phenoxy) is 10. The van der Waals surface area contributed by atoms with Crippen molar-refractivity contribution in [3.63, 3.8) is 0 Å². The van der Waals surface area contributed by atoms with Gasteiger partial charge in [0.1, 0.15) is 58.7 Å². The molecule has 18 fully saturated rings. The lowest BCUT2D eigenvalue weighted by atomic mass is 9.44. The van der Waals surface area contributed by atoms with E-state index in [1.807, 2.05) is 149 Å². The zero-order valence-electron chi connectivity index (χ0n) is 99.2. The molecule has 18 aliphatic rings. The third-order valence-corrected chi connectivity index (χ3v) is 39.0. The Balaban J connectivity index is 0.000000203. The number of hydrogen-bond donors (Lipinski definition) is 0. The minimum absolute atomic E-state index is 0.00875. The molecular weight excluding hydrogens is 1840 g/mol. The summed E-state index contributed by atoms with van der Waals surface area (Å²) in [5.41, 5.74) is 0.399. The summed E-state index contributed by atoms with van der Waals surface area (Å²) in [5.74, 6) is 15.3. The van der Waals surface area contributed by atoms with Gasteiger partial charge in [-0.15, -0.1) is 0 Å². The molecular formula is C128H214O19. The normalized spacial score (nSPS) is 30.6. The van der Waals surface area contributed by atoms with Crippen molar-refractivity contribution in [3.8, 4) is 5.75 Å². The second-order valence-corrected chi connectivity index (χ2v) is 53.9. The Hall–Kier alpha value is -6.27. The van der Waals surface area contributed by atoms with Crippen molar-refractivity contribution in [1.29, 1.82) is 0 Å². The maximum Gasteiger partial charge on any atom is 0.308 e. The van der Waals surface area contributed by atoms with Gasteiger partial charge in [0.15, 0.2) is 0 Å². The molecule has 19 heteroatoms. The number of hydrogen-bond acceptors (Lipinski definition) is 19. The number of methoxy groups -OCH3 is 1. The minimum atomic E-state index is -0.287. The Kier molecular flexibility index (Phi) is 46.8. The van der Waals surface area contributed by atoms with Crippen molar-refractivity contribution in [2.75, 3.05) is 13.7 Å². The van der Waals surface area contributed by atoms with E-state index in [1.165, 1.54) is 193 Å². The number of esters is 9. The average Bonchev–Trinajstić information content (AvgIpc) is 1.43. The van der Waals surface area contributed by atoms with Crippen LogP contribution >= 0.6 is 0 Å². The molecule has 0 N–H and O–H groups in total. The van der Waals surface area contributed by atoms with E-state index in [2.05, 4.69) is 96.2 Å². The highest BCUT2D eigenvalue weighted by molar-refractivity contribution is 5.75. The van der Waals surface area contributed by atoms with E-state index in [4.69, 9.17) is 47.4 Å². The first-order valence-electron chi connectivity index (χ1n) is 59.6. The fourth-order valence-corrected chi connectivity index (χ4v) is 30.8. The van der Waals surface area contributed by atoms with E-state index >= 15 is 0 Å². The van der Waals surface area contributed by atoms with E-state index in [9.17, 15) is 43.2 Å². The second kappa shape index (κ2) is 54.7. The monoisotopic (exact) mass is 2060 g/mol. The van der Waals surface area contributed by atoms with Gasteiger partial charge in [-0.2, -0.15) is 0 Å². The van der Waals surface area contributed by atoms with Gasteiger partial charge in [0.2, 0.25) is 0 Å². The van der Waals surface area contributed by atoms with Crippen LogP contribution in [0.5, 0.6) is 5.75 Å². The topological polar surface area (TPSA) is 246 Å².